The van der Waals surface area contributed by atoms with Crippen LogP contribution in [0.15, 0.2) is 36.4 Å². The molecule has 1 aliphatic carbocycles. The van der Waals surface area contributed by atoms with Gasteiger partial charge in [-0.2, -0.15) is 23.8 Å². The van der Waals surface area contributed by atoms with Crippen LogP contribution in [0.1, 0.15) is 16.7 Å². The molecule has 0 unspecified atom stereocenters. The molecule has 1 radical (unpaired) electrons. The number of benzene rings is 2. The van der Waals surface area contributed by atoms with Crippen molar-refractivity contribution in [2.75, 3.05) is 0 Å². The third kappa shape index (κ3) is 2.55. The quantitative estimate of drug-likeness (QED) is 0.399. The number of aryl methyl sites for hydroxylation is 1. The van der Waals surface area contributed by atoms with Crippen molar-refractivity contribution in [2.24, 2.45) is 0 Å². The zero-order chi connectivity index (χ0) is 9.54. The molecule has 0 fully saturated rings. The first kappa shape index (κ1) is 16.2. The normalized spacial score (nSPS) is 10.2. The molecule has 2 aromatic rings. The molecule has 0 atom stereocenters. The van der Waals surface area contributed by atoms with E-state index in [2.05, 4.69) is 43.3 Å². The van der Waals surface area contributed by atoms with Crippen LogP contribution in [-0.4, -0.2) is 0 Å². The van der Waals surface area contributed by atoms with Gasteiger partial charge in [-0.05, 0) is 17.5 Å². The summed E-state index contributed by atoms with van der Waals surface area (Å²) >= 11 is 0. The van der Waals surface area contributed by atoms with E-state index in [4.69, 9.17) is 0 Å². The van der Waals surface area contributed by atoms with E-state index in [1.807, 2.05) is 6.07 Å². The maximum atomic E-state index is 3.27. The van der Waals surface area contributed by atoms with Gasteiger partial charge in [0.1, 0.15) is 0 Å². The first-order chi connectivity index (χ1) is 6.86. The Morgan fingerprint density at radius 1 is 1.00 bits per heavy atom. The summed E-state index contributed by atoms with van der Waals surface area (Å²) in [6.45, 7) is 2.14. The van der Waals surface area contributed by atoms with Gasteiger partial charge in [-0.25, -0.2) is 0 Å². The Labute approximate surface area is 119 Å². The van der Waals surface area contributed by atoms with E-state index < -0.39 is 0 Å². The fraction of sp³-hybridized carbons (Fsp3) is 0.143. The third-order valence-electron chi connectivity index (χ3n) is 3.00. The largest absolute Gasteiger partial charge is 3.00 e. The molecular formula is C14H11F2Zr. The Kier molecular flexibility index (Phi) is 5.91. The topological polar surface area (TPSA) is 0 Å². The van der Waals surface area contributed by atoms with Crippen LogP contribution in [0.3, 0.4) is 0 Å². The molecule has 1 aliphatic rings. The molecule has 0 saturated heterocycles. The number of hydrogen-bond acceptors (Lipinski definition) is 0. The van der Waals surface area contributed by atoms with Crippen LogP contribution in [0, 0.1) is 13.0 Å². The molecule has 3 rings (SSSR count). The average molecular weight is 308 g/mol. The first-order valence-electron chi connectivity index (χ1n) is 4.95. The van der Waals surface area contributed by atoms with E-state index in [0.717, 1.165) is 6.42 Å². The van der Waals surface area contributed by atoms with Crippen molar-refractivity contribution in [3.05, 3.63) is 59.2 Å². The Morgan fingerprint density at radius 3 is 2.47 bits per heavy atom. The van der Waals surface area contributed by atoms with Crippen LogP contribution in [0.5, 0.6) is 0 Å². The average Bonchev–Trinajstić information content (AvgIpc) is 2.59. The predicted octanol–water partition coefficient (Wildman–Crippen LogP) is -2.63. The predicted molar refractivity (Wildman–Crippen MR) is 58.3 cm³/mol. The third-order valence-corrected chi connectivity index (χ3v) is 3.00. The van der Waals surface area contributed by atoms with E-state index in [1.165, 1.54) is 27.8 Å². The molecule has 0 spiro atoms. The first-order valence-corrected chi connectivity index (χ1v) is 4.95. The summed E-state index contributed by atoms with van der Waals surface area (Å²) < 4.78 is 0. The molecule has 0 amide bonds. The second-order valence-electron chi connectivity index (χ2n) is 3.83. The van der Waals surface area contributed by atoms with Crippen molar-refractivity contribution >= 4 is 0 Å². The summed E-state index contributed by atoms with van der Waals surface area (Å²) in [4.78, 5) is 0. The fourth-order valence-electron chi connectivity index (χ4n) is 2.25. The SMILES string of the molecule is Cc1[c-]ccc2c1Cc1ccccc1-2.[F-].[F-].[Zr+3]. The summed E-state index contributed by atoms with van der Waals surface area (Å²) in [7, 11) is 0. The van der Waals surface area contributed by atoms with E-state index in [0.29, 0.717) is 0 Å². The molecule has 0 saturated carbocycles. The molecule has 85 valence electrons. The minimum absolute atomic E-state index is 0. The molecule has 0 N–H and O–H groups in total. The Bertz CT molecular complexity index is 509. The maximum absolute atomic E-state index is 3.27. The minimum Gasteiger partial charge on any atom is -1.00 e. The fourth-order valence-corrected chi connectivity index (χ4v) is 2.25. The van der Waals surface area contributed by atoms with Gasteiger partial charge in [0.25, 0.3) is 0 Å². The smallest absolute Gasteiger partial charge is 1.00 e. The molecule has 0 aromatic heterocycles. The van der Waals surface area contributed by atoms with Crippen LogP contribution >= 0.6 is 0 Å². The number of rotatable bonds is 0. The number of fused-ring (bicyclic) bond motifs is 3. The molecule has 0 nitrogen and oxygen atoms in total. The van der Waals surface area contributed by atoms with Crippen LogP contribution in [0.4, 0.5) is 0 Å². The Hall–Kier alpha value is -0.817. The molecular weight excluding hydrogens is 297 g/mol. The van der Waals surface area contributed by atoms with Gasteiger partial charge in [-0.15, -0.1) is 11.1 Å². The van der Waals surface area contributed by atoms with Crippen molar-refractivity contribution in [2.45, 2.75) is 13.3 Å². The summed E-state index contributed by atoms with van der Waals surface area (Å²) in [5, 5.41) is 0. The monoisotopic (exact) mass is 307 g/mol. The Morgan fingerprint density at radius 2 is 1.71 bits per heavy atom. The zero-order valence-corrected chi connectivity index (χ0v) is 11.9. The van der Waals surface area contributed by atoms with Crippen molar-refractivity contribution < 1.29 is 35.6 Å². The van der Waals surface area contributed by atoms with Gasteiger partial charge in [-0.1, -0.05) is 31.2 Å². The minimum atomic E-state index is 0. The van der Waals surface area contributed by atoms with Gasteiger partial charge >= 0.3 is 26.2 Å². The molecule has 2 aromatic carbocycles. The van der Waals surface area contributed by atoms with Gasteiger partial charge in [0.05, 0.1) is 0 Å². The number of hydrogen-bond donors (Lipinski definition) is 0. The maximum Gasteiger partial charge on any atom is 3.00 e. The van der Waals surface area contributed by atoms with Gasteiger partial charge in [0, 0.05) is 0 Å². The molecule has 0 heterocycles. The van der Waals surface area contributed by atoms with E-state index in [9.17, 15) is 0 Å². The van der Waals surface area contributed by atoms with Crippen molar-refractivity contribution in [1.29, 1.82) is 0 Å². The second kappa shape index (κ2) is 6.21. The van der Waals surface area contributed by atoms with E-state index >= 15 is 0 Å². The summed E-state index contributed by atoms with van der Waals surface area (Å²) in [5.41, 5.74) is 6.99. The molecule has 0 aliphatic heterocycles. The van der Waals surface area contributed by atoms with Crippen LogP contribution < -0.4 is 9.41 Å². The number of halogens is 2. The van der Waals surface area contributed by atoms with Crippen LogP contribution in [0.2, 0.25) is 0 Å². The zero-order valence-electron chi connectivity index (χ0n) is 9.43. The molecule has 17 heavy (non-hydrogen) atoms. The van der Waals surface area contributed by atoms with E-state index in [1.54, 1.807) is 0 Å². The standard InChI is InChI=1S/C14H11.2FH.Zr/c1-10-5-4-8-13-12-7-3-2-6-11(12)9-14(10)13;;;/h2-4,6-8H,9H2,1H3;2*1H;/q-1;;;+3/p-2. The van der Waals surface area contributed by atoms with Crippen molar-refractivity contribution in [3.8, 4) is 11.1 Å². The summed E-state index contributed by atoms with van der Waals surface area (Å²) in [6.07, 6.45) is 1.08. The van der Waals surface area contributed by atoms with Crippen molar-refractivity contribution in [3.63, 3.8) is 0 Å². The van der Waals surface area contributed by atoms with Crippen LogP contribution in [-0.2, 0) is 32.6 Å². The van der Waals surface area contributed by atoms with Gasteiger partial charge in [-0.3, -0.25) is 0 Å². The van der Waals surface area contributed by atoms with Crippen LogP contribution in [0.25, 0.3) is 11.1 Å². The Balaban J connectivity index is 0.000000853. The second-order valence-corrected chi connectivity index (χ2v) is 3.83. The van der Waals surface area contributed by atoms with Crippen molar-refractivity contribution in [1.82, 2.24) is 0 Å². The van der Waals surface area contributed by atoms with Gasteiger partial charge in [0.2, 0.25) is 0 Å². The summed E-state index contributed by atoms with van der Waals surface area (Å²) in [6, 6.07) is 16.1. The van der Waals surface area contributed by atoms with Gasteiger partial charge < -0.3 is 9.41 Å². The molecule has 3 heteroatoms. The molecule has 0 bridgehead atoms. The van der Waals surface area contributed by atoms with E-state index in [-0.39, 0.29) is 35.6 Å². The summed E-state index contributed by atoms with van der Waals surface area (Å²) in [5.74, 6) is 0. The van der Waals surface area contributed by atoms with Gasteiger partial charge in [0.15, 0.2) is 0 Å².